The molecule has 0 bridgehead atoms. The quantitative estimate of drug-likeness (QED) is 0.598. The SMILES string of the molecule is COc1cn2ncc(-c3ccnc(NC4CNCC4F)n3)c2nc1C(C)(C)O. The monoisotopic (exact) mass is 387 g/mol. The maximum Gasteiger partial charge on any atom is 0.223 e. The summed E-state index contributed by atoms with van der Waals surface area (Å²) >= 11 is 0. The van der Waals surface area contributed by atoms with E-state index in [0.29, 0.717) is 47.4 Å². The molecule has 2 atom stereocenters. The Morgan fingerprint density at radius 2 is 2.18 bits per heavy atom. The van der Waals surface area contributed by atoms with Crippen LogP contribution in [0.4, 0.5) is 10.3 Å². The first-order chi connectivity index (χ1) is 13.4. The third-order valence-corrected chi connectivity index (χ3v) is 4.65. The predicted octanol–water partition coefficient (Wildman–Crippen LogP) is 1.14. The normalized spacial score (nSPS) is 19.9. The average molecular weight is 387 g/mol. The van der Waals surface area contributed by atoms with Gasteiger partial charge in [-0.15, -0.1) is 0 Å². The van der Waals surface area contributed by atoms with Crippen LogP contribution in [0, 0.1) is 0 Å². The Bertz CT molecular complexity index is 1000. The molecule has 3 aromatic rings. The molecule has 148 valence electrons. The van der Waals surface area contributed by atoms with Gasteiger partial charge in [0.15, 0.2) is 11.4 Å². The number of nitrogens with one attached hydrogen (secondary N) is 2. The van der Waals surface area contributed by atoms with Crippen LogP contribution in [0.3, 0.4) is 0 Å². The Kier molecular flexibility index (Phi) is 4.60. The smallest absolute Gasteiger partial charge is 0.223 e. The van der Waals surface area contributed by atoms with Gasteiger partial charge < -0.3 is 20.5 Å². The summed E-state index contributed by atoms with van der Waals surface area (Å²) < 4.78 is 20.7. The van der Waals surface area contributed by atoms with Crippen LogP contribution in [0.5, 0.6) is 5.75 Å². The van der Waals surface area contributed by atoms with Gasteiger partial charge in [-0.3, -0.25) is 0 Å². The van der Waals surface area contributed by atoms with Crippen LogP contribution in [0.15, 0.2) is 24.7 Å². The van der Waals surface area contributed by atoms with Crippen LogP contribution in [0.2, 0.25) is 0 Å². The summed E-state index contributed by atoms with van der Waals surface area (Å²) in [5, 5.41) is 20.8. The van der Waals surface area contributed by atoms with Gasteiger partial charge >= 0.3 is 0 Å². The Labute approximate surface area is 161 Å². The van der Waals surface area contributed by atoms with E-state index in [0.717, 1.165) is 0 Å². The van der Waals surface area contributed by atoms with E-state index in [9.17, 15) is 9.50 Å². The van der Waals surface area contributed by atoms with Crippen LogP contribution in [-0.4, -0.2) is 62.1 Å². The zero-order chi connectivity index (χ0) is 19.9. The van der Waals surface area contributed by atoms with Crippen molar-refractivity contribution in [1.29, 1.82) is 0 Å². The first kappa shape index (κ1) is 18.5. The number of aromatic nitrogens is 5. The maximum atomic E-state index is 13.8. The zero-order valence-electron chi connectivity index (χ0n) is 15.8. The second-order valence-corrected chi connectivity index (χ2v) is 7.23. The molecule has 2 unspecified atom stereocenters. The Hall–Kier alpha value is -2.85. The first-order valence-electron chi connectivity index (χ1n) is 8.97. The second-order valence-electron chi connectivity index (χ2n) is 7.23. The number of ether oxygens (including phenoxy) is 1. The second kappa shape index (κ2) is 6.95. The Balaban J connectivity index is 1.74. The standard InChI is InChI=1S/C18H22FN7O2/c1-18(2,27)15-14(28-3)9-26-16(25-15)10(6-22-26)12-4-5-21-17(23-12)24-13-8-20-7-11(13)19/h4-6,9,11,13,20,27H,7-8H2,1-3H3,(H,21,23,24). The van der Waals surface area contributed by atoms with E-state index in [4.69, 9.17) is 4.74 Å². The predicted molar refractivity (Wildman–Crippen MR) is 101 cm³/mol. The van der Waals surface area contributed by atoms with Crippen LogP contribution in [-0.2, 0) is 5.60 Å². The van der Waals surface area contributed by atoms with Crippen LogP contribution >= 0.6 is 0 Å². The van der Waals surface area contributed by atoms with Crippen molar-refractivity contribution in [2.24, 2.45) is 0 Å². The fourth-order valence-corrected chi connectivity index (χ4v) is 3.20. The van der Waals surface area contributed by atoms with Crippen molar-refractivity contribution >= 4 is 11.6 Å². The van der Waals surface area contributed by atoms with Crippen LogP contribution in [0.1, 0.15) is 19.5 Å². The Morgan fingerprint density at radius 1 is 1.36 bits per heavy atom. The molecular formula is C18H22FN7O2. The maximum absolute atomic E-state index is 13.8. The van der Waals surface area contributed by atoms with Gasteiger partial charge in [-0.05, 0) is 19.9 Å². The van der Waals surface area contributed by atoms with Gasteiger partial charge in [-0.1, -0.05) is 0 Å². The summed E-state index contributed by atoms with van der Waals surface area (Å²) in [4.78, 5) is 13.3. The largest absolute Gasteiger partial charge is 0.493 e. The van der Waals surface area contributed by atoms with Crippen molar-refractivity contribution in [2.75, 3.05) is 25.5 Å². The van der Waals surface area contributed by atoms with Gasteiger partial charge in [0.2, 0.25) is 5.95 Å². The number of anilines is 1. The molecule has 4 rings (SSSR count). The molecule has 1 saturated heterocycles. The molecule has 3 N–H and O–H groups in total. The molecule has 0 saturated carbocycles. The Morgan fingerprint density at radius 3 is 2.86 bits per heavy atom. The summed E-state index contributed by atoms with van der Waals surface area (Å²) in [6.07, 6.45) is 3.91. The van der Waals surface area contributed by atoms with E-state index in [1.54, 1.807) is 43.0 Å². The number of rotatable bonds is 5. The van der Waals surface area contributed by atoms with Gasteiger partial charge in [0.25, 0.3) is 0 Å². The molecular weight excluding hydrogens is 365 g/mol. The summed E-state index contributed by atoms with van der Waals surface area (Å²) in [7, 11) is 1.51. The minimum atomic E-state index is -1.20. The van der Waals surface area contributed by atoms with Crippen molar-refractivity contribution in [3.8, 4) is 17.0 Å². The average Bonchev–Trinajstić information content (AvgIpc) is 3.26. The van der Waals surface area contributed by atoms with Gasteiger partial charge in [0.1, 0.15) is 17.5 Å². The van der Waals surface area contributed by atoms with E-state index in [1.165, 1.54) is 7.11 Å². The molecule has 0 aromatic carbocycles. The molecule has 28 heavy (non-hydrogen) atoms. The molecule has 0 radical (unpaired) electrons. The summed E-state index contributed by atoms with van der Waals surface area (Å²) in [5.41, 5.74) is 0.981. The van der Waals surface area contributed by atoms with E-state index in [1.807, 2.05) is 0 Å². The van der Waals surface area contributed by atoms with Crippen molar-refractivity contribution in [1.82, 2.24) is 29.9 Å². The molecule has 1 aliphatic rings. The van der Waals surface area contributed by atoms with Gasteiger partial charge in [0, 0.05) is 19.3 Å². The lowest BCUT2D eigenvalue weighted by molar-refractivity contribution is 0.0707. The highest BCUT2D eigenvalue weighted by atomic mass is 19.1. The summed E-state index contributed by atoms with van der Waals surface area (Å²) in [5.74, 6) is 0.770. The molecule has 0 aliphatic carbocycles. The highest BCUT2D eigenvalue weighted by molar-refractivity contribution is 5.75. The van der Waals surface area contributed by atoms with Crippen molar-refractivity contribution in [2.45, 2.75) is 31.7 Å². The lowest BCUT2D eigenvalue weighted by Gasteiger charge is -2.19. The molecule has 0 amide bonds. The number of hydrogen-bond acceptors (Lipinski definition) is 8. The van der Waals surface area contributed by atoms with E-state index >= 15 is 0 Å². The molecule has 1 fully saturated rings. The third-order valence-electron chi connectivity index (χ3n) is 4.65. The number of alkyl halides is 1. The fraction of sp³-hybridized carbons (Fsp3) is 0.444. The zero-order valence-corrected chi connectivity index (χ0v) is 15.8. The van der Waals surface area contributed by atoms with E-state index < -0.39 is 11.8 Å². The number of halogens is 1. The fourth-order valence-electron chi connectivity index (χ4n) is 3.20. The minimum Gasteiger partial charge on any atom is -0.493 e. The number of fused-ring (bicyclic) bond motifs is 1. The number of nitrogens with zero attached hydrogens (tertiary/aromatic N) is 5. The topological polar surface area (TPSA) is 109 Å². The van der Waals surface area contributed by atoms with Gasteiger partial charge in [-0.25, -0.2) is 23.9 Å². The molecule has 10 heteroatoms. The van der Waals surface area contributed by atoms with Crippen molar-refractivity contribution in [3.63, 3.8) is 0 Å². The number of aliphatic hydroxyl groups is 1. The molecule has 1 aliphatic heterocycles. The van der Waals surface area contributed by atoms with Crippen molar-refractivity contribution < 1.29 is 14.2 Å². The molecule has 9 nitrogen and oxygen atoms in total. The van der Waals surface area contributed by atoms with Crippen LogP contribution < -0.4 is 15.4 Å². The lowest BCUT2D eigenvalue weighted by atomic mass is 10.0. The minimum absolute atomic E-state index is 0.316. The molecule has 3 aromatic heterocycles. The van der Waals surface area contributed by atoms with Crippen molar-refractivity contribution in [3.05, 3.63) is 30.4 Å². The van der Waals surface area contributed by atoms with Crippen LogP contribution in [0.25, 0.3) is 16.9 Å². The lowest BCUT2D eigenvalue weighted by Crippen LogP contribution is -2.30. The number of hydrogen-bond donors (Lipinski definition) is 3. The third kappa shape index (κ3) is 3.36. The van der Waals surface area contributed by atoms with Gasteiger partial charge in [-0.2, -0.15) is 5.10 Å². The highest BCUT2D eigenvalue weighted by Crippen LogP contribution is 2.31. The van der Waals surface area contributed by atoms with Gasteiger partial charge in [0.05, 0.1) is 36.8 Å². The summed E-state index contributed by atoms with van der Waals surface area (Å²) in [6, 6.07) is 1.36. The number of methoxy groups -OCH3 is 1. The summed E-state index contributed by atoms with van der Waals surface area (Å²) in [6.45, 7) is 4.11. The first-order valence-corrected chi connectivity index (χ1v) is 8.97. The molecule has 0 spiro atoms. The van der Waals surface area contributed by atoms with E-state index in [-0.39, 0.29) is 6.04 Å². The highest BCUT2D eigenvalue weighted by Gasteiger charge is 2.28. The molecule has 4 heterocycles. The van der Waals surface area contributed by atoms with E-state index in [2.05, 4.69) is 30.7 Å².